The van der Waals surface area contributed by atoms with Gasteiger partial charge in [0.25, 0.3) is 0 Å². The van der Waals surface area contributed by atoms with Gasteiger partial charge in [0.15, 0.2) is 0 Å². The molecular weight excluding hydrogens is 282 g/mol. The molecule has 0 saturated carbocycles. The lowest BCUT2D eigenvalue weighted by atomic mass is 9.93. The predicted octanol–water partition coefficient (Wildman–Crippen LogP) is 2.53. The van der Waals surface area contributed by atoms with Crippen molar-refractivity contribution in [2.75, 3.05) is 13.7 Å². The Kier molecular flexibility index (Phi) is 5.15. The molecule has 1 unspecified atom stereocenters. The number of nitrogens with one attached hydrogen (secondary N) is 1. The summed E-state index contributed by atoms with van der Waals surface area (Å²) >= 11 is 3.39. The zero-order valence-corrected chi connectivity index (χ0v) is 12.0. The van der Waals surface area contributed by atoms with Crippen LogP contribution in [0.1, 0.15) is 19.4 Å². The van der Waals surface area contributed by atoms with Crippen molar-refractivity contribution in [1.82, 2.24) is 5.32 Å². The molecule has 0 spiro atoms. The van der Waals surface area contributed by atoms with Crippen LogP contribution in [0.15, 0.2) is 28.7 Å². The minimum Gasteiger partial charge on any atom is -0.465 e. The molecule has 0 saturated heterocycles. The molecule has 1 N–H and O–H groups in total. The van der Waals surface area contributed by atoms with Crippen molar-refractivity contribution in [3.63, 3.8) is 0 Å². The van der Waals surface area contributed by atoms with E-state index in [1.165, 1.54) is 0 Å². The number of benzene rings is 1. The number of rotatable bonds is 5. The van der Waals surface area contributed by atoms with Crippen LogP contribution in [0.3, 0.4) is 0 Å². The Morgan fingerprint density at radius 3 is 2.47 bits per heavy atom. The van der Waals surface area contributed by atoms with E-state index in [1.807, 2.05) is 38.1 Å². The lowest BCUT2D eigenvalue weighted by molar-refractivity contribution is -0.150. The first-order valence-electron chi connectivity index (χ1n) is 5.62. The van der Waals surface area contributed by atoms with Crippen LogP contribution in [-0.2, 0) is 16.0 Å². The number of likely N-dealkylation sites (N-methyl/N-ethyl adjacent to an activating group) is 1. The molecule has 1 atom stereocenters. The van der Waals surface area contributed by atoms with E-state index in [0.717, 1.165) is 10.0 Å². The fraction of sp³-hybridized carbons (Fsp3) is 0.462. The summed E-state index contributed by atoms with van der Waals surface area (Å²) in [5.41, 5.74) is 0.419. The molecule has 0 aromatic heterocycles. The second-order valence-corrected chi connectivity index (χ2v) is 5.02. The quantitative estimate of drug-likeness (QED) is 0.849. The zero-order chi connectivity index (χ0) is 12.9. The summed E-state index contributed by atoms with van der Waals surface area (Å²) in [6, 6.07) is 7.94. The molecule has 0 amide bonds. The van der Waals surface area contributed by atoms with Crippen molar-refractivity contribution in [2.24, 2.45) is 0 Å². The monoisotopic (exact) mass is 299 g/mol. The van der Waals surface area contributed by atoms with Gasteiger partial charge in [0.05, 0.1) is 6.61 Å². The summed E-state index contributed by atoms with van der Waals surface area (Å²) in [5, 5.41) is 3.04. The van der Waals surface area contributed by atoms with Crippen LogP contribution in [-0.4, -0.2) is 25.2 Å². The maximum absolute atomic E-state index is 11.9. The van der Waals surface area contributed by atoms with Crippen molar-refractivity contribution in [1.29, 1.82) is 0 Å². The van der Waals surface area contributed by atoms with Crippen LogP contribution in [0.5, 0.6) is 0 Å². The van der Waals surface area contributed by atoms with Gasteiger partial charge in [0, 0.05) is 10.9 Å². The second-order valence-electron chi connectivity index (χ2n) is 4.11. The Morgan fingerprint density at radius 1 is 1.41 bits per heavy atom. The van der Waals surface area contributed by atoms with Gasteiger partial charge in [-0.25, -0.2) is 0 Å². The smallest absolute Gasteiger partial charge is 0.326 e. The summed E-state index contributed by atoms with van der Waals surface area (Å²) in [7, 11) is 1.77. The maximum Gasteiger partial charge on any atom is 0.326 e. The molecule has 0 bridgehead atoms. The van der Waals surface area contributed by atoms with E-state index in [4.69, 9.17) is 4.74 Å². The third kappa shape index (κ3) is 3.82. The van der Waals surface area contributed by atoms with Gasteiger partial charge < -0.3 is 10.1 Å². The highest BCUT2D eigenvalue weighted by molar-refractivity contribution is 9.10. The molecule has 94 valence electrons. The molecule has 1 aromatic rings. The molecule has 0 fully saturated rings. The molecular formula is C13H18BrNO2. The average Bonchev–Trinajstić information content (AvgIpc) is 2.32. The Balaban J connectivity index is 2.81. The molecule has 0 heterocycles. The molecule has 0 aliphatic carbocycles. The second kappa shape index (κ2) is 6.17. The van der Waals surface area contributed by atoms with Gasteiger partial charge >= 0.3 is 5.97 Å². The number of hydrogen-bond donors (Lipinski definition) is 1. The van der Waals surface area contributed by atoms with E-state index in [2.05, 4.69) is 21.2 Å². The number of halogens is 1. The first kappa shape index (κ1) is 14.2. The largest absolute Gasteiger partial charge is 0.465 e. The fourth-order valence-electron chi connectivity index (χ4n) is 1.56. The summed E-state index contributed by atoms with van der Waals surface area (Å²) < 4.78 is 6.11. The van der Waals surface area contributed by atoms with E-state index in [0.29, 0.717) is 13.0 Å². The fourth-order valence-corrected chi connectivity index (χ4v) is 1.83. The molecule has 17 heavy (non-hydrogen) atoms. The highest BCUT2D eigenvalue weighted by atomic mass is 79.9. The van der Waals surface area contributed by atoms with E-state index >= 15 is 0 Å². The molecule has 3 nitrogen and oxygen atoms in total. The van der Waals surface area contributed by atoms with E-state index < -0.39 is 5.54 Å². The lowest BCUT2D eigenvalue weighted by Crippen LogP contribution is -2.50. The van der Waals surface area contributed by atoms with Crippen molar-refractivity contribution < 1.29 is 9.53 Å². The summed E-state index contributed by atoms with van der Waals surface area (Å²) in [4.78, 5) is 11.9. The van der Waals surface area contributed by atoms with Gasteiger partial charge in [-0.1, -0.05) is 28.1 Å². The van der Waals surface area contributed by atoms with Gasteiger partial charge in [-0.05, 0) is 38.6 Å². The van der Waals surface area contributed by atoms with Crippen LogP contribution in [0.4, 0.5) is 0 Å². The average molecular weight is 300 g/mol. The molecule has 0 aliphatic heterocycles. The number of hydrogen-bond acceptors (Lipinski definition) is 3. The lowest BCUT2D eigenvalue weighted by Gasteiger charge is -2.26. The molecule has 1 rings (SSSR count). The van der Waals surface area contributed by atoms with Crippen molar-refractivity contribution in [2.45, 2.75) is 25.8 Å². The van der Waals surface area contributed by atoms with Gasteiger partial charge in [-0.2, -0.15) is 0 Å². The van der Waals surface area contributed by atoms with Gasteiger partial charge in [0.1, 0.15) is 5.54 Å². The first-order chi connectivity index (χ1) is 8.01. The Bertz CT molecular complexity index is 378. The summed E-state index contributed by atoms with van der Waals surface area (Å²) in [5.74, 6) is -0.217. The normalized spacial score (nSPS) is 14.1. The molecule has 0 radical (unpaired) electrons. The van der Waals surface area contributed by atoms with E-state index in [9.17, 15) is 4.79 Å². The highest BCUT2D eigenvalue weighted by Gasteiger charge is 2.32. The standard InChI is InChI=1S/C13H18BrNO2/c1-4-17-12(16)13(2,15-3)9-10-5-7-11(14)8-6-10/h5-8,15H,4,9H2,1-3H3. The van der Waals surface area contributed by atoms with Crippen LogP contribution in [0.25, 0.3) is 0 Å². The number of ether oxygens (including phenoxy) is 1. The molecule has 0 aliphatic rings. The van der Waals surface area contributed by atoms with Crippen LogP contribution in [0.2, 0.25) is 0 Å². The van der Waals surface area contributed by atoms with Gasteiger partial charge in [-0.15, -0.1) is 0 Å². The van der Waals surface area contributed by atoms with Crippen LogP contribution >= 0.6 is 15.9 Å². The van der Waals surface area contributed by atoms with Crippen LogP contribution in [0, 0.1) is 0 Å². The summed E-state index contributed by atoms with van der Waals surface area (Å²) in [6.45, 7) is 4.07. The SMILES string of the molecule is CCOC(=O)C(C)(Cc1ccc(Br)cc1)NC. The third-order valence-electron chi connectivity index (χ3n) is 2.75. The third-order valence-corrected chi connectivity index (χ3v) is 3.28. The number of carbonyl (C=O) groups is 1. The minimum atomic E-state index is -0.677. The van der Waals surface area contributed by atoms with Crippen molar-refractivity contribution in [3.8, 4) is 0 Å². The maximum atomic E-state index is 11.9. The number of carbonyl (C=O) groups excluding carboxylic acids is 1. The van der Waals surface area contributed by atoms with Crippen molar-refractivity contribution >= 4 is 21.9 Å². The Hall–Kier alpha value is -0.870. The predicted molar refractivity (Wildman–Crippen MR) is 71.9 cm³/mol. The Labute approximate surface area is 111 Å². The van der Waals surface area contributed by atoms with Crippen molar-refractivity contribution in [3.05, 3.63) is 34.3 Å². The minimum absolute atomic E-state index is 0.217. The van der Waals surface area contributed by atoms with Gasteiger partial charge in [0.2, 0.25) is 0 Å². The Morgan fingerprint density at radius 2 is 2.00 bits per heavy atom. The first-order valence-corrected chi connectivity index (χ1v) is 6.41. The van der Waals surface area contributed by atoms with E-state index in [-0.39, 0.29) is 5.97 Å². The van der Waals surface area contributed by atoms with Crippen LogP contribution < -0.4 is 5.32 Å². The summed E-state index contributed by atoms with van der Waals surface area (Å²) in [6.07, 6.45) is 0.607. The zero-order valence-electron chi connectivity index (χ0n) is 10.4. The molecule has 4 heteroatoms. The highest BCUT2D eigenvalue weighted by Crippen LogP contribution is 2.17. The topological polar surface area (TPSA) is 38.3 Å². The van der Waals surface area contributed by atoms with E-state index in [1.54, 1.807) is 7.05 Å². The molecule has 1 aromatic carbocycles. The van der Waals surface area contributed by atoms with Gasteiger partial charge in [-0.3, -0.25) is 4.79 Å². The number of esters is 1.